The summed E-state index contributed by atoms with van der Waals surface area (Å²) < 4.78 is 26.2. The van der Waals surface area contributed by atoms with Gasteiger partial charge in [0.15, 0.2) is 0 Å². The summed E-state index contributed by atoms with van der Waals surface area (Å²) in [4.78, 5) is 27.2. The molecular formula is C19H20N2O4S. The lowest BCUT2D eigenvalue weighted by Crippen LogP contribution is -2.33. The third-order valence-electron chi connectivity index (χ3n) is 4.31. The number of rotatable bonds is 4. The molecular weight excluding hydrogens is 352 g/mol. The number of amides is 1. The number of benzene rings is 1. The summed E-state index contributed by atoms with van der Waals surface area (Å²) in [5, 5.41) is 0.915. The molecule has 1 heterocycles. The Labute approximate surface area is 152 Å². The normalized spacial score (nSPS) is 14.6. The quantitative estimate of drug-likeness (QED) is 0.806. The minimum Gasteiger partial charge on any atom is -0.325 e. The molecule has 0 saturated carbocycles. The Kier molecular flexibility index (Phi) is 5.37. The van der Waals surface area contributed by atoms with Crippen molar-refractivity contribution in [1.82, 2.24) is 9.71 Å². The number of hydrogen-bond donors (Lipinski definition) is 2. The minimum absolute atomic E-state index is 0.178. The van der Waals surface area contributed by atoms with Gasteiger partial charge < -0.3 is 4.98 Å². The number of aryl methyl sites for hydroxylation is 2. The van der Waals surface area contributed by atoms with Crippen LogP contribution in [-0.4, -0.2) is 19.3 Å². The average Bonchev–Trinajstić information content (AvgIpc) is 2.84. The Bertz CT molecular complexity index is 992. The van der Waals surface area contributed by atoms with Gasteiger partial charge in [-0.3, -0.25) is 9.59 Å². The fourth-order valence-electron chi connectivity index (χ4n) is 2.97. The Morgan fingerprint density at radius 3 is 2.58 bits per heavy atom. The van der Waals surface area contributed by atoms with Crippen LogP contribution in [0.5, 0.6) is 0 Å². The maximum atomic E-state index is 12.3. The highest BCUT2D eigenvalue weighted by molar-refractivity contribution is 7.93. The van der Waals surface area contributed by atoms with E-state index in [0.717, 1.165) is 48.8 Å². The molecule has 3 rings (SSSR count). The molecule has 0 radical (unpaired) electrons. The molecule has 1 aromatic carbocycles. The van der Waals surface area contributed by atoms with E-state index in [0.29, 0.717) is 5.56 Å². The molecule has 6 nitrogen and oxygen atoms in total. The number of nitrogens with one attached hydrogen (secondary N) is 2. The van der Waals surface area contributed by atoms with Gasteiger partial charge in [-0.15, -0.1) is 0 Å². The second-order valence-corrected chi connectivity index (χ2v) is 7.83. The predicted molar refractivity (Wildman–Crippen MR) is 100 cm³/mol. The number of pyridine rings is 1. The zero-order valence-electron chi connectivity index (χ0n) is 14.2. The van der Waals surface area contributed by atoms with Gasteiger partial charge in [-0.2, -0.15) is 0 Å². The summed E-state index contributed by atoms with van der Waals surface area (Å²) in [6, 6.07) is 10.4. The predicted octanol–water partition coefficient (Wildman–Crippen LogP) is 2.37. The van der Waals surface area contributed by atoms with Crippen molar-refractivity contribution in [1.29, 1.82) is 0 Å². The number of hydrogen-bond acceptors (Lipinski definition) is 4. The van der Waals surface area contributed by atoms with Crippen LogP contribution in [0.2, 0.25) is 0 Å². The van der Waals surface area contributed by atoms with Gasteiger partial charge >= 0.3 is 0 Å². The Balaban J connectivity index is 1.80. The van der Waals surface area contributed by atoms with Gasteiger partial charge in [0.2, 0.25) is 0 Å². The number of fused-ring (bicyclic) bond motifs is 1. The number of carbonyl (C=O) groups is 1. The van der Waals surface area contributed by atoms with Crippen LogP contribution < -0.4 is 10.3 Å². The first-order valence-electron chi connectivity index (χ1n) is 8.50. The largest absolute Gasteiger partial charge is 0.325 e. The van der Waals surface area contributed by atoms with Gasteiger partial charge in [-0.25, -0.2) is 13.1 Å². The van der Waals surface area contributed by atoms with Crippen molar-refractivity contribution >= 4 is 22.0 Å². The molecule has 0 bridgehead atoms. The Morgan fingerprint density at radius 1 is 1.08 bits per heavy atom. The van der Waals surface area contributed by atoms with Crippen molar-refractivity contribution in [2.24, 2.45) is 0 Å². The standard InChI is InChI=1S/C19H20N2O4S/c22-18-16(13-15-9-5-2-6-10-17(15)20-18)19(23)21-26(24,25)12-11-14-7-3-1-4-8-14/h1,3-4,7-8,11-13H,2,5-6,9-10H2,(H,20,22)(H,21,23). The summed E-state index contributed by atoms with van der Waals surface area (Å²) in [5.41, 5.74) is 1.70. The number of sulfonamides is 1. The van der Waals surface area contributed by atoms with Gasteiger partial charge in [0.05, 0.1) is 5.41 Å². The van der Waals surface area contributed by atoms with Crippen molar-refractivity contribution in [3.63, 3.8) is 0 Å². The second-order valence-electron chi connectivity index (χ2n) is 6.27. The molecule has 2 aromatic rings. The Morgan fingerprint density at radius 2 is 1.81 bits per heavy atom. The summed E-state index contributed by atoms with van der Waals surface area (Å²) in [5.74, 6) is -0.920. The van der Waals surface area contributed by atoms with E-state index in [2.05, 4.69) is 4.98 Å². The highest BCUT2D eigenvalue weighted by Gasteiger charge is 2.19. The highest BCUT2D eigenvalue weighted by Crippen LogP contribution is 2.18. The molecule has 0 atom stereocenters. The van der Waals surface area contributed by atoms with E-state index in [1.165, 1.54) is 12.1 Å². The summed E-state index contributed by atoms with van der Waals surface area (Å²) in [6.45, 7) is 0. The maximum absolute atomic E-state index is 12.3. The third-order valence-corrected chi connectivity index (χ3v) is 5.27. The average molecular weight is 372 g/mol. The van der Waals surface area contributed by atoms with Crippen molar-refractivity contribution in [2.75, 3.05) is 0 Å². The van der Waals surface area contributed by atoms with Crippen LogP contribution in [0.3, 0.4) is 0 Å². The number of carbonyl (C=O) groups excluding carboxylic acids is 1. The van der Waals surface area contributed by atoms with E-state index >= 15 is 0 Å². The summed E-state index contributed by atoms with van der Waals surface area (Å²) >= 11 is 0. The molecule has 1 amide bonds. The number of H-pyrrole nitrogens is 1. The van der Waals surface area contributed by atoms with E-state index in [-0.39, 0.29) is 5.56 Å². The zero-order chi connectivity index (χ0) is 18.6. The SMILES string of the molecule is O=C(NS(=O)(=O)C=Cc1ccccc1)c1cc2c([nH]c1=O)CCCCC2. The molecule has 26 heavy (non-hydrogen) atoms. The van der Waals surface area contributed by atoms with Crippen molar-refractivity contribution in [3.8, 4) is 0 Å². The fraction of sp³-hybridized carbons (Fsp3) is 0.263. The molecule has 7 heteroatoms. The smallest absolute Gasteiger partial charge is 0.270 e. The fourth-order valence-corrected chi connectivity index (χ4v) is 3.74. The topological polar surface area (TPSA) is 96.1 Å². The zero-order valence-corrected chi connectivity index (χ0v) is 15.0. The van der Waals surface area contributed by atoms with Crippen LogP contribution in [0.15, 0.2) is 46.6 Å². The molecule has 2 N–H and O–H groups in total. The van der Waals surface area contributed by atoms with Crippen LogP contribution >= 0.6 is 0 Å². The van der Waals surface area contributed by atoms with Crippen molar-refractivity contribution in [3.05, 3.63) is 74.5 Å². The molecule has 1 aliphatic carbocycles. The summed E-state index contributed by atoms with van der Waals surface area (Å²) in [7, 11) is -4.01. The second kappa shape index (κ2) is 7.70. The van der Waals surface area contributed by atoms with Gasteiger partial charge in [0, 0.05) is 5.69 Å². The Hall–Kier alpha value is -2.67. The van der Waals surface area contributed by atoms with Crippen LogP contribution in [0.1, 0.15) is 46.4 Å². The molecule has 0 aliphatic heterocycles. The maximum Gasteiger partial charge on any atom is 0.270 e. The van der Waals surface area contributed by atoms with E-state index in [4.69, 9.17) is 0 Å². The highest BCUT2D eigenvalue weighted by atomic mass is 32.2. The number of aromatic amines is 1. The lowest BCUT2D eigenvalue weighted by molar-refractivity contribution is 0.0980. The first-order chi connectivity index (χ1) is 12.4. The lowest BCUT2D eigenvalue weighted by Gasteiger charge is -2.08. The molecule has 0 fully saturated rings. The van der Waals surface area contributed by atoms with Gasteiger partial charge in [-0.1, -0.05) is 36.8 Å². The third kappa shape index (κ3) is 4.49. The van der Waals surface area contributed by atoms with Crippen LogP contribution in [-0.2, 0) is 22.9 Å². The van der Waals surface area contributed by atoms with Gasteiger partial charge in [-0.05, 0) is 49.0 Å². The van der Waals surface area contributed by atoms with E-state index in [9.17, 15) is 18.0 Å². The summed E-state index contributed by atoms with van der Waals surface area (Å²) in [6.07, 6.45) is 5.97. The molecule has 1 aromatic heterocycles. The first kappa shape index (κ1) is 18.1. The van der Waals surface area contributed by atoms with Crippen LogP contribution in [0.4, 0.5) is 0 Å². The molecule has 136 valence electrons. The monoisotopic (exact) mass is 372 g/mol. The van der Waals surface area contributed by atoms with Gasteiger partial charge in [0.1, 0.15) is 5.56 Å². The van der Waals surface area contributed by atoms with Crippen molar-refractivity contribution < 1.29 is 13.2 Å². The van der Waals surface area contributed by atoms with E-state index in [1.54, 1.807) is 24.3 Å². The molecule has 0 saturated heterocycles. The number of aromatic nitrogens is 1. The van der Waals surface area contributed by atoms with Crippen LogP contribution in [0.25, 0.3) is 6.08 Å². The molecule has 0 unspecified atom stereocenters. The van der Waals surface area contributed by atoms with E-state index < -0.39 is 21.5 Å². The molecule has 1 aliphatic rings. The lowest BCUT2D eigenvalue weighted by atomic mass is 10.1. The van der Waals surface area contributed by atoms with Crippen LogP contribution in [0, 0.1) is 0 Å². The van der Waals surface area contributed by atoms with E-state index in [1.807, 2.05) is 10.8 Å². The van der Waals surface area contributed by atoms with Gasteiger partial charge in [0.25, 0.3) is 21.5 Å². The first-order valence-corrected chi connectivity index (χ1v) is 10.0. The van der Waals surface area contributed by atoms with Crippen molar-refractivity contribution in [2.45, 2.75) is 32.1 Å². The molecule has 0 spiro atoms. The minimum atomic E-state index is -4.01.